The minimum absolute atomic E-state index is 0.0327. The van der Waals surface area contributed by atoms with Crippen molar-refractivity contribution in [2.75, 3.05) is 7.05 Å². The van der Waals surface area contributed by atoms with Crippen molar-refractivity contribution in [3.8, 4) is 0 Å². The van der Waals surface area contributed by atoms with E-state index in [1.807, 2.05) is 62.5 Å². The number of thiazole rings is 1. The van der Waals surface area contributed by atoms with Crippen LogP contribution in [-0.2, 0) is 4.79 Å². The fourth-order valence-electron chi connectivity index (χ4n) is 3.10. The van der Waals surface area contributed by atoms with E-state index < -0.39 is 0 Å². The Hall–Kier alpha value is -2.98. The Bertz CT molecular complexity index is 1110. The van der Waals surface area contributed by atoms with Crippen LogP contribution in [0.15, 0.2) is 72.8 Å². The first kappa shape index (κ1) is 17.4. The molecule has 0 aliphatic rings. The zero-order valence-corrected chi connectivity index (χ0v) is 16.1. The van der Waals surface area contributed by atoms with Crippen LogP contribution in [-0.4, -0.2) is 22.8 Å². The minimum Gasteiger partial charge on any atom is -0.333 e. The highest BCUT2D eigenvalue weighted by Crippen LogP contribution is 2.29. The van der Waals surface area contributed by atoms with Crippen LogP contribution in [0.4, 0.5) is 0 Å². The zero-order valence-electron chi connectivity index (χ0n) is 15.3. The predicted octanol–water partition coefficient (Wildman–Crippen LogP) is 5.68. The lowest BCUT2D eigenvalue weighted by atomic mass is 10.0. The maximum absolute atomic E-state index is 12.7. The smallest absolute Gasteiger partial charge is 0.246 e. The molecule has 4 rings (SSSR count). The predicted molar refractivity (Wildman–Crippen MR) is 114 cm³/mol. The summed E-state index contributed by atoms with van der Waals surface area (Å²) in [6.07, 6.45) is 3.54. The number of hydrogen-bond acceptors (Lipinski definition) is 3. The van der Waals surface area contributed by atoms with Gasteiger partial charge < -0.3 is 4.90 Å². The Labute approximate surface area is 162 Å². The highest BCUT2D eigenvalue weighted by atomic mass is 32.1. The summed E-state index contributed by atoms with van der Waals surface area (Å²) >= 11 is 1.64. The third-order valence-corrected chi connectivity index (χ3v) is 6.03. The van der Waals surface area contributed by atoms with Crippen molar-refractivity contribution < 1.29 is 4.79 Å². The van der Waals surface area contributed by atoms with Gasteiger partial charge >= 0.3 is 0 Å². The van der Waals surface area contributed by atoms with Crippen molar-refractivity contribution in [1.82, 2.24) is 9.88 Å². The van der Waals surface area contributed by atoms with Crippen molar-refractivity contribution in [2.24, 2.45) is 0 Å². The molecule has 0 aliphatic carbocycles. The zero-order chi connectivity index (χ0) is 18.8. The molecule has 0 saturated heterocycles. The molecule has 1 unspecified atom stereocenters. The van der Waals surface area contributed by atoms with Crippen molar-refractivity contribution in [3.63, 3.8) is 0 Å². The summed E-state index contributed by atoms with van der Waals surface area (Å²) in [6.45, 7) is 2.02. The van der Waals surface area contributed by atoms with Gasteiger partial charge in [0.2, 0.25) is 5.91 Å². The van der Waals surface area contributed by atoms with E-state index in [1.54, 1.807) is 22.3 Å². The van der Waals surface area contributed by atoms with E-state index in [-0.39, 0.29) is 11.9 Å². The molecular formula is C23H20N2OS. The van der Waals surface area contributed by atoms with Crippen LogP contribution in [0.2, 0.25) is 0 Å². The molecule has 1 amide bonds. The highest BCUT2D eigenvalue weighted by molar-refractivity contribution is 7.18. The Morgan fingerprint density at radius 3 is 2.63 bits per heavy atom. The summed E-state index contributed by atoms with van der Waals surface area (Å²) in [7, 11) is 1.83. The topological polar surface area (TPSA) is 33.2 Å². The largest absolute Gasteiger partial charge is 0.333 e. The molecule has 0 saturated carbocycles. The molecule has 1 heterocycles. The number of amides is 1. The van der Waals surface area contributed by atoms with Gasteiger partial charge in [-0.25, -0.2) is 4.98 Å². The summed E-state index contributed by atoms with van der Waals surface area (Å²) in [6, 6.07) is 22.3. The van der Waals surface area contributed by atoms with Gasteiger partial charge in [0, 0.05) is 13.1 Å². The first-order valence-corrected chi connectivity index (χ1v) is 9.73. The number of rotatable bonds is 4. The van der Waals surface area contributed by atoms with E-state index in [4.69, 9.17) is 0 Å². The summed E-state index contributed by atoms with van der Waals surface area (Å²) in [5.41, 5.74) is 2.03. The second-order valence-corrected chi connectivity index (χ2v) is 7.61. The molecule has 0 N–H and O–H groups in total. The number of hydrogen-bond donors (Lipinski definition) is 0. The van der Waals surface area contributed by atoms with Crippen LogP contribution >= 0.6 is 11.3 Å². The van der Waals surface area contributed by atoms with Gasteiger partial charge in [0.15, 0.2) is 0 Å². The van der Waals surface area contributed by atoms with Gasteiger partial charge in [-0.05, 0) is 41.5 Å². The average Bonchev–Trinajstić information content (AvgIpc) is 3.15. The van der Waals surface area contributed by atoms with Crippen molar-refractivity contribution in [2.45, 2.75) is 13.0 Å². The van der Waals surface area contributed by atoms with Crippen LogP contribution in [0.5, 0.6) is 0 Å². The Balaban J connectivity index is 1.55. The first-order valence-electron chi connectivity index (χ1n) is 8.91. The third-order valence-electron chi connectivity index (χ3n) is 4.83. The standard InChI is InChI=1S/C23H20N2OS/c1-16(23-24-20-12-5-6-13-21(20)27-23)25(2)22(26)15-14-18-10-7-9-17-8-3-4-11-19(17)18/h3-16H,1-2H3/b15-14+. The van der Waals surface area contributed by atoms with E-state index in [9.17, 15) is 4.79 Å². The summed E-state index contributed by atoms with van der Waals surface area (Å²) in [5, 5.41) is 3.26. The van der Waals surface area contributed by atoms with Crippen LogP contribution in [0, 0.1) is 0 Å². The van der Waals surface area contributed by atoms with Gasteiger partial charge in [-0.3, -0.25) is 4.79 Å². The Kier molecular flexibility index (Phi) is 4.73. The number of aromatic nitrogens is 1. The average molecular weight is 372 g/mol. The highest BCUT2D eigenvalue weighted by Gasteiger charge is 2.19. The van der Waals surface area contributed by atoms with Gasteiger partial charge in [0.05, 0.1) is 16.3 Å². The number of likely N-dealkylation sites (N-methyl/N-ethyl adjacent to an activating group) is 1. The fourth-order valence-corrected chi connectivity index (χ4v) is 4.16. The lowest BCUT2D eigenvalue weighted by Gasteiger charge is -2.21. The second kappa shape index (κ2) is 7.33. The molecule has 0 aliphatic heterocycles. The number of nitrogens with zero attached hydrogens (tertiary/aromatic N) is 2. The molecule has 27 heavy (non-hydrogen) atoms. The van der Waals surface area contributed by atoms with Crippen LogP contribution in [0.3, 0.4) is 0 Å². The van der Waals surface area contributed by atoms with Gasteiger partial charge in [-0.1, -0.05) is 54.6 Å². The van der Waals surface area contributed by atoms with E-state index >= 15 is 0 Å². The van der Waals surface area contributed by atoms with Crippen molar-refractivity contribution >= 4 is 44.3 Å². The SMILES string of the molecule is CC(c1nc2ccccc2s1)N(C)C(=O)/C=C/c1cccc2ccccc12. The van der Waals surface area contributed by atoms with Crippen molar-refractivity contribution in [3.05, 3.63) is 83.4 Å². The van der Waals surface area contributed by atoms with Crippen LogP contribution in [0.1, 0.15) is 23.5 Å². The van der Waals surface area contributed by atoms with E-state index in [0.717, 1.165) is 26.2 Å². The number of para-hydroxylation sites is 1. The summed E-state index contributed by atoms with van der Waals surface area (Å²) in [5.74, 6) is -0.0327. The summed E-state index contributed by atoms with van der Waals surface area (Å²) < 4.78 is 1.14. The van der Waals surface area contributed by atoms with Crippen molar-refractivity contribution in [1.29, 1.82) is 0 Å². The second-order valence-electron chi connectivity index (χ2n) is 6.55. The molecule has 0 fully saturated rings. The van der Waals surface area contributed by atoms with Gasteiger partial charge in [0.1, 0.15) is 5.01 Å². The molecule has 134 valence electrons. The maximum Gasteiger partial charge on any atom is 0.246 e. The number of fused-ring (bicyclic) bond motifs is 2. The molecule has 4 aromatic rings. The molecule has 1 atom stereocenters. The quantitative estimate of drug-likeness (QED) is 0.432. The maximum atomic E-state index is 12.7. The van der Waals surface area contributed by atoms with Gasteiger partial charge in [-0.2, -0.15) is 0 Å². The first-order chi connectivity index (χ1) is 13.1. The molecule has 0 bridgehead atoms. The number of carbonyl (C=O) groups excluding carboxylic acids is 1. The van der Waals surface area contributed by atoms with Crippen LogP contribution < -0.4 is 0 Å². The normalized spacial score (nSPS) is 12.7. The van der Waals surface area contributed by atoms with Gasteiger partial charge in [-0.15, -0.1) is 11.3 Å². The van der Waals surface area contributed by atoms with Crippen LogP contribution in [0.25, 0.3) is 27.1 Å². The Morgan fingerprint density at radius 2 is 1.78 bits per heavy atom. The molecule has 3 nitrogen and oxygen atoms in total. The van der Waals surface area contributed by atoms with E-state index in [2.05, 4.69) is 29.2 Å². The van der Waals surface area contributed by atoms with E-state index in [1.165, 1.54) is 5.39 Å². The monoisotopic (exact) mass is 372 g/mol. The van der Waals surface area contributed by atoms with E-state index in [0.29, 0.717) is 0 Å². The fraction of sp³-hybridized carbons (Fsp3) is 0.130. The molecule has 1 aromatic heterocycles. The molecule has 0 radical (unpaired) electrons. The molecule has 0 spiro atoms. The molecule has 3 aromatic carbocycles. The number of benzene rings is 3. The molecule has 4 heteroatoms. The Morgan fingerprint density at radius 1 is 1.04 bits per heavy atom. The minimum atomic E-state index is -0.0768. The third kappa shape index (κ3) is 3.49. The number of carbonyl (C=O) groups is 1. The lowest BCUT2D eigenvalue weighted by molar-refractivity contribution is -0.126. The lowest BCUT2D eigenvalue weighted by Crippen LogP contribution is -2.27. The molecular weight excluding hydrogens is 352 g/mol. The van der Waals surface area contributed by atoms with Gasteiger partial charge in [0.25, 0.3) is 0 Å². The summed E-state index contributed by atoms with van der Waals surface area (Å²) in [4.78, 5) is 19.1.